The maximum Gasteiger partial charge on any atom is 0.289 e. The Labute approximate surface area is 126 Å². The lowest BCUT2D eigenvalue weighted by Gasteiger charge is -2.36. The van der Waals surface area contributed by atoms with E-state index in [0.29, 0.717) is 17.9 Å². The Bertz CT molecular complexity index is 632. The highest BCUT2D eigenvalue weighted by molar-refractivity contribution is 7.91. The minimum atomic E-state index is -3.17. The van der Waals surface area contributed by atoms with Gasteiger partial charge >= 0.3 is 0 Å². The summed E-state index contributed by atoms with van der Waals surface area (Å²) in [5.74, 6) is 0.765. The number of amides is 1. The van der Waals surface area contributed by atoms with Gasteiger partial charge in [0, 0.05) is 24.9 Å². The molecule has 6 heteroatoms. The summed E-state index contributed by atoms with van der Waals surface area (Å²) in [7, 11) is -1.49. The summed E-state index contributed by atoms with van der Waals surface area (Å²) in [6.07, 6.45) is 4.45. The van der Waals surface area contributed by atoms with E-state index in [-0.39, 0.29) is 11.9 Å². The first-order valence-electron chi connectivity index (χ1n) is 7.25. The first-order chi connectivity index (χ1) is 9.71. The van der Waals surface area contributed by atoms with E-state index >= 15 is 0 Å². The zero-order valence-electron chi connectivity index (χ0n) is 13.0. The molecule has 0 saturated heterocycles. The largest absolute Gasteiger partial charge is 0.456 e. The molecular formula is C15H23NO4S. The summed E-state index contributed by atoms with van der Waals surface area (Å²) in [4.78, 5) is 14.1. The zero-order valence-corrected chi connectivity index (χ0v) is 13.9. The van der Waals surface area contributed by atoms with Crippen molar-refractivity contribution in [1.82, 2.24) is 4.90 Å². The van der Waals surface area contributed by atoms with Crippen LogP contribution in [0.4, 0.5) is 0 Å². The fourth-order valence-corrected chi connectivity index (χ4v) is 4.67. The first kappa shape index (κ1) is 16.1. The number of carbonyl (C=O) groups excluding carboxylic acids is 1. The summed E-state index contributed by atoms with van der Waals surface area (Å²) in [5, 5.41) is -0.475. The standard InChI is InChI=1S/C15H23NO4S/c1-10-9-11(2)20-14(10)15(17)16(3)12-7-5-6-8-13(12)21(4,18)19/h9,12-13H,5-8H2,1-4H3/t12-,13+/m1/s1. The molecule has 0 aliphatic heterocycles. The van der Waals surface area contributed by atoms with Crippen LogP contribution in [0.3, 0.4) is 0 Å². The Balaban J connectivity index is 2.27. The summed E-state index contributed by atoms with van der Waals surface area (Å²) in [6.45, 7) is 3.62. The molecule has 1 amide bonds. The quantitative estimate of drug-likeness (QED) is 0.859. The van der Waals surface area contributed by atoms with Crippen molar-refractivity contribution >= 4 is 15.7 Å². The third kappa shape index (κ3) is 3.31. The van der Waals surface area contributed by atoms with Crippen molar-refractivity contribution in [3.05, 3.63) is 23.2 Å². The number of sulfone groups is 1. The molecule has 1 saturated carbocycles. The molecule has 2 atom stereocenters. The van der Waals surface area contributed by atoms with E-state index < -0.39 is 15.1 Å². The number of hydrogen-bond acceptors (Lipinski definition) is 4. The van der Waals surface area contributed by atoms with Crippen LogP contribution in [0.1, 0.15) is 47.6 Å². The second-order valence-electron chi connectivity index (χ2n) is 6.01. The van der Waals surface area contributed by atoms with Gasteiger partial charge in [0.2, 0.25) is 0 Å². The van der Waals surface area contributed by atoms with Crippen LogP contribution in [0.15, 0.2) is 10.5 Å². The van der Waals surface area contributed by atoms with Crippen molar-refractivity contribution in [3.63, 3.8) is 0 Å². The van der Waals surface area contributed by atoms with Crippen molar-refractivity contribution in [2.24, 2.45) is 0 Å². The number of nitrogens with zero attached hydrogens (tertiary/aromatic N) is 1. The van der Waals surface area contributed by atoms with Gasteiger partial charge in [0.1, 0.15) is 5.76 Å². The lowest BCUT2D eigenvalue weighted by molar-refractivity contribution is 0.0666. The van der Waals surface area contributed by atoms with Crippen LogP contribution in [0, 0.1) is 13.8 Å². The third-order valence-electron chi connectivity index (χ3n) is 4.27. The molecule has 0 N–H and O–H groups in total. The van der Waals surface area contributed by atoms with Gasteiger partial charge in [-0.05, 0) is 32.8 Å². The number of rotatable bonds is 3. The molecule has 1 aliphatic rings. The molecule has 5 nitrogen and oxygen atoms in total. The highest BCUT2D eigenvalue weighted by Crippen LogP contribution is 2.29. The lowest BCUT2D eigenvalue weighted by Crippen LogP contribution is -2.49. The molecule has 1 fully saturated rings. The number of furan rings is 1. The van der Waals surface area contributed by atoms with E-state index in [4.69, 9.17) is 4.42 Å². The van der Waals surface area contributed by atoms with Crippen molar-refractivity contribution in [1.29, 1.82) is 0 Å². The van der Waals surface area contributed by atoms with E-state index in [1.165, 1.54) is 6.26 Å². The van der Waals surface area contributed by atoms with Crippen LogP contribution in [0.2, 0.25) is 0 Å². The summed E-state index contributed by atoms with van der Waals surface area (Å²) >= 11 is 0. The SMILES string of the molecule is Cc1cc(C)c(C(=O)N(C)[C@@H]2CCCC[C@@H]2S(C)(=O)=O)o1. The average molecular weight is 313 g/mol. The van der Waals surface area contributed by atoms with Gasteiger partial charge < -0.3 is 9.32 Å². The minimum absolute atomic E-state index is 0.235. The Hall–Kier alpha value is -1.30. The van der Waals surface area contributed by atoms with Gasteiger partial charge in [-0.1, -0.05) is 12.8 Å². The van der Waals surface area contributed by atoms with Gasteiger partial charge in [-0.2, -0.15) is 0 Å². The van der Waals surface area contributed by atoms with Crippen molar-refractivity contribution in [3.8, 4) is 0 Å². The molecule has 0 aromatic carbocycles. The zero-order chi connectivity index (χ0) is 15.8. The van der Waals surface area contributed by atoms with Gasteiger partial charge in [-0.3, -0.25) is 4.79 Å². The lowest BCUT2D eigenvalue weighted by atomic mass is 9.93. The van der Waals surface area contributed by atoms with Crippen LogP contribution in [0.5, 0.6) is 0 Å². The summed E-state index contributed by atoms with van der Waals surface area (Å²) < 4.78 is 29.4. The van der Waals surface area contributed by atoms with E-state index in [9.17, 15) is 13.2 Å². The fourth-order valence-electron chi connectivity index (χ4n) is 3.18. The Morgan fingerprint density at radius 3 is 2.43 bits per heavy atom. The molecule has 1 heterocycles. The summed E-state index contributed by atoms with van der Waals surface area (Å²) in [6, 6.07) is 1.54. The molecule has 1 aliphatic carbocycles. The van der Waals surface area contributed by atoms with Gasteiger partial charge in [-0.25, -0.2) is 8.42 Å². The maximum absolute atomic E-state index is 12.6. The highest BCUT2D eigenvalue weighted by Gasteiger charge is 2.38. The van der Waals surface area contributed by atoms with Gasteiger partial charge in [0.05, 0.1) is 5.25 Å². The van der Waals surface area contributed by atoms with Crippen LogP contribution in [-0.4, -0.2) is 43.8 Å². The molecule has 1 aromatic heterocycles. The van der Waals surface area contributed by atoms with E-state index in [1.54, 1.807) is 18.9 Å². The molecular weight excluding hydrogens is 290 g/mol. The van der Waals surface area contributed by atoms with E-state index in [1.807, 2.05) is 13.0 Å². The summed E-state index contributed by atoms with van der Waals surface area (Å²) in [5.41, 5.74) is 0.788. The molecule has 118 valence electrons. The predicted molar refractivity (Wildman–Crippen MR) is 81.2 cm³/mol. The molecule has 2 rings (SSSR count). The highest BCUT2D eigenvalue weighted by atomic mass is 32.2. The van der Waals surface area contributed by atoms with Gasteiger partial charge in [0.25, 0.3) is 5.91 Å². The number of aryl methyl sites for hydroxylation is 2. The van der Waals surface area contributed by atoms with Crippen molar-refractivity contribution < 1.29 is 17.6 Å². The van der Waals surface area contributed by atoms with Gasteiger partial charge in [0.15, 0.2) is 15.6 Å². The van der Waals surface area contributed by atoms with E-state index in [2.05, 4.69) is 0 Å². The monoisotopic (exact) mass is 313 g/mol. The number of hydrogen-bond donors (Lipinski definition) is 0. The minimum Gasteiger partial charge on any atom is -0.456 e. The smallest absolute Gasteiger partial charge is 0.289 e. The second-order valence-corrected chi connectivity index (χ2v) is 8.27. The number of carbonyl (C=O) groups is 1. The first-order valence-corrected chi connectivity index (χ1v) is 9.20. The molecule has 0 unspecified atom stereocenters. The van der Waals surface area contributed by atoms with Crippen molar-refractivity contribution in [2.75, 3.05) is 13.3 Å². The molecule has 21 heavy (non-hydrogen) atoms. The molecule has 0 spiro atoms. The van der Waals surface area contributed by atoms with Crippen LogP contribution in [-0.2, 0) is 9.84 Å². The predicted octanol–water partition coefficient (Wildman–Crippen LogP) is 2.32. The second kappa shape index (κ2) is 5.83. The van der Waals surface area contributed by atoms with Crippen LogP contribution < -0.4 is 0 Å². The Morgan fingerprint density at radius 2 is 1.90 bits per heavy atom. The van der Waals surface area contributed by atoms with Crippen LogP contribution in [0.25, 0.3) is 0 Å². The topological polar surface area (TPSA) is 67.6 Å². The van der Waals surface area contributed by atoms with Crippen molar-refractivity contribution in [2.45, 2.75) is 50.8 Å². The molecule has 1 aromatic rings. The van der Waals surface area contributed by atoms with E-state index in [0.717, 1.165) is 24.8 Å². The fraction of sp³-hybridized carbons (Fsp3) is 0.667. The average Bonchev–Trinajstić information content (AvgIpc) is 2.75. The maximum atomic E-state index is 12.6. The van der Waals surface area contributed by atoms with Crippen LogP contribution >= 0.6 is 0 Å². The third-order valence-corrected chi connectivity index (χ3v) is 5.92. The Kier molecular flexibility index (Phi) is 4.46. The Morgan fingerprint density at radius 1 is 1.29 bits per heavy atom. The molecule has 0 bridgehead atoms. The molecule has 0 radical (unpaired) electrons. The normalized spacial score (nSPS) is 23.0. The van der Waals surface area contributed by atoms with Gasteiger partial charge in [-0.15, -0.1) is 0 Å².